The molecule has 0 bridgehead atoms. The molecule has 0 N–H and O–H groups in total. The molecule has 3 atom stereocenters. The number of halogens is 7. The van der Waals surface area contributed by atoms with Gasteiger partial charge in [0, 0.05) is 55.1 Å². The van der Waals surface area contributed by atoms with Gasteiger partial charge in [0.05, 0.1) is 35.2 Å². The molecule has 1 unspecified atom stereocenters. The number of hydrogen-bond acceptors (Lipinski definition) is 8. The molecule has 2 fully saturated rings. The fourth-order valence-corrected chi connectivity index (χ4v) is 9.64. The summed E-state index contributed by atoms with van der Waals surface area (Å²) >= 11 is 8.34. The first kappa shape index (κ1) is 38.8. The summed E-state index contributed by atoms with van der Waals surface area (Å²) in [7, 11) is 0. The van der Waals surface area contributed by atoms with Crippen molar-refractivity contribution in [2.24, 2.45) is 0 Å². The summed E-state index contributed by atoms with van der Waals surface area (Å²) in [4.78, 5) is 38.7. The van der Waals surface area contributed by atoms with E-state index in [-0.39, 0.29) is 38.1 Å². The largest absolute Gasteiger partial charge is 0.474 e. The third kappa shape index (κ3) is 8.10. The predicted molar refractivity (Wildman–Crippen MR) is 185 cm³/mol. The first-order valence-corrected chi connectivity index (χ1v) is 19.4. The Hall–Kier alpha value is -2.92. The van der Waals surface area contributed by atoms with Crippen LogP contribution in [0, 0.1) is 0 Å². The van der Waals surface area contributed by atoms with E-state index in [4.69, 9.17) is 21.1 Å². The Balaban J connectivity index is 1.41. The van der Waals surface area contributed by atoms with Gasteiger partial charge in [-0.25, -0.2) is 0 Å². The van der Waals surface area contributed by atoms with E-state index in [0.717, 1.165) is 60.9 Å². The third-order valence-electron chi connectivity index (χ3n) is 9.96. The molecule has 3 aromatic rings. The summed E-state index contributed by atoms with van der Waals surface area (Å²) in [5, 5.41) is 1.18. The number of amides is 2. The van der Waals surface area contributed by atoms with Gasteiger partial charge in [0.1, 0.15) is 16.3 Å². The lowest BCUT2D eigenvalue weighted by Crippen LogP contribution is -2.68. The molecule has 3 aliphatic heterocycles. The lowest BCUT2D eigenvalue weighted by molar-refractivity contribution is -0.162. The Labute approximate surface area is 310 Å². The zero-order chi connectivity index (χ0) is 37.3. The highest BCUT2D eigenvalue weighted by atomic mass is 35.5. The second-order valence-electron chi connectivity index (χ2n) is 13.2. The van der Waals surface area contributed by atoms with Gasteiger partial charge in [0.25, 0.3) is 11.8 Å². The molecule has 0 radical (unpaired) electrons. The number of pyridine rings is 1. The highest BCUT2D eigenvalue weighted by Gasteiger charge is 2.57. The molecular formula is C35H39ClF6N4O4S2. The van der Waals surface area contributed by atoms with Crippen LogP contribution < -0.4 is 4.74 Å². The van der Waals surface area contributed by atoms with Crippen LogP contribution in [0.1, 0.15) is 82.9 Å². The van der Waals surface area contributed by atoms with Crippen LogP contribution in [0.3, 0.4) is 0 Å². The van der Waals surface area contributed by atoms with E-state index in [1.54, 1.807) is 11.8 Å². The van der Waals surface area contributed by atoms with E-state index >= 15 is 4.79 Å². The molecule has 284 valence electrons. The normalized spacial score (nSPS) is 23.1. The molecule has 3 aromatic heterocycles. The summed E-state index contributed by atoms with van der Waals surface area (Å²) in [5.41, 5.74) is -3.06. The maximum absolute atomic E-state index is 15.4. The Morgan fingerprint density at radius 1 is 1.06 bits per heavy atom. The van der Waals surface area contributed by atoms with Gasteiger partial charge in [-0.1, -0.05) is 24.9 Å². The molecule has 0 spiro atoms. The summed E-state index contributed by atoms with van der Waals surface area (Å²) in [6, 6.07) is 2.97. The zero-order valence-corrected chi connectivity index (χ0v) is 30.8. The van der Waals surface area contributed by atoms with Crippen LogP contribution in [0.2, 0.25) is 4.34 Å². The highest BCUT2D eigenvalue weighted by Crippen LogP contribution is 2.46. The van der Waals surface area contributed by atoms with Crippen LogP contribution >= 0.6 is 34.3 Å². The number of piperidine rings is 1. The van der Waals surface area contributed by atoms with Crippen LogP contribution in [-0.4, -0.2) is 89.1 Å². The van der Waals surface area contributed by atoms with E-state index in [1.807, 2.05) is 6.07 Å². The topological polar surface area (TPSA) is 75.2 Å². The number of carbonyl (C=O) groups excluding carboxylic acids is 2. The molecule has 2 saturated heterocycles. The van der Waals surface area contributed by atoms with Crippen LogP contribution in [0.25, 0.3) is 0 Å². The molecule has 3 aliphatic rings. The Kier molecular flexibility index (Phi) is 11.8. The van der Waals surface area contributed by atoms with Gasteiger partial charge >= 0.3 is 12.4 Å². The van der Waals surface area contributed by atoms with Gasteiger partial charge in [-0.2, -0.15) is 26.3 Å². The number of aromatic nitrogens is 1. The number of carbonyl (C=O) groups is 2. The first-order chi connectivity index (χ1) is 24.7. The second kappa shape index (κ2) is 15.8. The average molecular weight is 793 g/mol. The standard InChI is InChI=1S/C35H39ClF6N4O4S2/c1-2-6-27-33(50-22-19-28(51-21-22)35(40,41)42,10-5-13-46(27)31(47)30-24(34(37,38)39)7-3-11-43-30)32(48)45-14-9-26-23(20-29(36)52-26)25(45)8-4-12-44-15-17-49-18-16-44/h3,7,11,19-21,25,27H,2,4-6,8-10,12-18H2,1H3/t25?,27-,33+/m1/s1. The number of fused-ring (bicyclic) bond motifs is 1. The number of likely N-dealkylation sites (tertiary alicyclic amines) is 1. The third-order valence-corrected chi connectivity index (χ3v) is 12.3. The summed E-state index contributed by atoms with van der Waals surface area (Å²) in [5.74, 6) is -1.75. The fourth-order valence-electron chi connectivity index (χ4n) is 7.64. The van der Waals surface area contributed by atoms with Crippen molar-refractivity contribution in [2.75, 3.05) is 45.9 Å². The fraction of sp³-hybridized carbons (Fsp3) is 0.571. The van der Waals surface area contributed by atoms with Crippen molar-refractivity contribution < 1.29 is 45.4 Å². The number of nitrogens with zero attached hydrogens (tertiary/aromatic N) is 4. The minimum atomic E-state index is -4.88. The second-order valence-corrected chi connectivity index (χ2v) is 15.9. The SMILES string of the molecule is CCC[C@H]1N(C(=O)c2ncccc2C(F)(F)F)CCC[C@@]1(Oc1csc(C(F)(F)F)c1)C(=O)N1CCc2sc(Cl)cc2C1CCCN1CCOCC1. The molecule has 0 saturated carbocycles. The van der Waals surface area contributed by atoms with Crippen molar-refractivity contribution in [2.45, 2.75) is 81.9 Å². The number of alkyl halides is 6. The van der Waals surface area contributed by atoms with Crippen molar-refractivity contribution in [1.82, 2.24) is 19.7 Å². The highest BCUT2D eigenvalue weighted by molar-refractivity contribution is 7.16. The lowest BCUT2D eigenvalue weighted by Gasteiger charge is -2.51. The number of rotatable bonds is 10. The van der Waals surface area contributed by atoms with Gasteiger partial charge in [-0.05, 0) is 62.4 Å². The van der Waals surface area contributed by atoms with Crippen molar-refractivity contribution in [3.05, 3.63) is 66.8 Å². The van der Waals surface area contributed by atoms with E-state index < -0.39 is 58.0 Å². The van der Waals surface area contributed by atoms with Crippen LogP contribution in [0.15, 0.2) is 35.8 Å². The van der Waals surface area contributed by atoms with E-state index in [1.165, 1.54) is 21.6 Å². The minimum Gasteiger partial charge on any atom is -0.474 e. The zero-order valence-electron chi connectivity index (χ0n) is 28.4. The van der Waals surface area contributed by atoms with Gasteiger partial charge in [0.2, 0.25) is 5.60 Å². The smallest absolute Gasteiger partial charge is 0.425 e. The van der Waals surface area contributed by atoms with Gasteiger partial charge in [-0.3, -0.25) is 19.5 Å². The molecule has 52 heavy (non-hydrogen) atoms. The van der Waals surface area contributed by atoms with Crippen molar-refractivity contribution in [3.8, 4) is 5.75 Å². The molecule has 6 heterocycles. The Bertz CT molecular complexity index is 1730. The number of thiophene rings is 2. The van der Waals surface area contributed by atoms with Gasteiger partial charge in [0.15, 0.2) is 0 Å². The number of morpholine rings is 1. The molecule has 0 aromatic carbocycles. The van der Waals surface area contributed by atoms with E-state index in [0.29, 0.717) is 48.1 Å². The monoisotopic (exact) mass is 792 g/mol. The predicted octanol–water partition coefficient (Wildman–Crippen LogP) is 8.36. The maximum Gasteiger partial charge on any atom is 0.425 e. The number of ether oxygens (including phenoxy) is 2. The van der Waals surface area contributed by atoms with Gasteiger partial charge in [-0.15, -0.1) is 22.7 Å². The maximum atomic E-state index is 15.4. The van der Waals surface area contributed by atoms with Crippen LogP contribution in [0.4, 0.5) is 26.3 Å². The van der Waals surface area contributed by atoms with E-state index in [2.05, 4.69) is 9.88 Å². The summed E-state index contributed by atoms with van der Waals surface area (Å²) in [6.07, 6.45) is -6.00. The number of hydrogen-bond donors (Lipinski definition) is 0. The Morgan fingerprint density at radius 2 is 1.83 bits per heavy atom. The average Bonchev–Trinajstić information content (AvgIpc) is 3.75. The summed E-state index contributed by atoms with van der Waals surface area (Å²) in [6.45, 7) is 5.67. The molecule has 0 aliphatic carbocycles. The molecule has 17 heteroatoms. The minimum absolute atomic E-state index is 0.000460. The van der Waals surface area contributed by atoms with E-state index in [9.17, 15) is 31.1 Å². The molecular weight excluding hydrogens is 754 g/mol. The first-order valence-electron chi connectivity index (χ1n) is 17.3. The lowest BCUT2D eigenvalue weighted by atomic mass is 9.79. The molecule has 8 nitrogen and oxygen atoms in total. The van der Waals surface area contributed by atoms with Crippen LogP contribution in [-0.2, 0) is 28.3 Å². The van der Waals surface area contributed by atoms with Gasteiger partial charge < -0.3 is 19.3 Å². The quantitative estimate of drug-likeness (QED) is 0.192. The Morgan fingerprint density at radius 3 is 2.52 bits per heavy atom. The van der Waals surface area contributed by atoms with Crippen molar-refractivity contribution >= 4 is 46.1 Å². The molecule has 6 rings (SSSR count). The molecule has 2 amide bonds. The summed E-state index contributed by atoms with van der Waals surface area (Å²) < 4.78 is 96.2. The van der Waals surface area contributed by atoms with Crippen molar-refractivity contribution in [3.63, 3.8) is 0 Å². The van der Waals surface area contributed by atoms with Crippen molar-refractivity contribution in [1.29, 1.82) is 0 Å². The van der Waals surface area contributed by atoms with Crippen LogP contribution in [0.5, 0.6) is 5.75 Å².